The van der Waals surface area contributed by atoms with Crippen LogP contribution in [0.2, 0.25) is 0 Å². The van der Waals surface area contributed by atoms with Crippen molar-refractivity contribution in [2.75, 3.05) is 40.9 Å². The number of amides is 1. The summed E-state index contributed by atoms with van der Waals surface area (Å²) in [7, 11) is 1.24. The van der Waals surface area contributed by atoms with E-state index in [0.717, 1.165) is 32.1 Å². The Morgan fingerprint density at radius 1 is 0.686 bits per heavy atom. The maximum atomic E-state index is 12.8. The van der Waals surface area contributed by atoms with Gasteiger partial charge in [-0.2, -0.15) is 0 Å². The number of quaternary nitrogens is 1. The van der Waals surface area contributed by atoms with Gasteiger partial charge in [-0.1, -0.05) is 186 Å². The molecular weight excluding hydrogens is 659 g/mol. The minimum Gasteiger partial charge on any atom is -0.756 e. The zero-order valence-corrected chi connectivity index (χ0v) is 35.0. The Hall–Kier alpha value is -1.02. The molecule has 0 rings (SSSR count). The highest BCUT2D eigenvalue weighted by Crippen LogP contribution is 2.38. The molecule has 8 nitrogen and oxygen atoms in total. The van der Waals surface area contributed by atoms with Crippen LogP contribution in [0.3, 0.4) is 0 Å². The standard InChI is InChI=1S/C42H83N2O6P/c1-6-8-10-12-14-16-18-19-20-21-22-23-24-26-28-30-32-34-36-42(46)43-40(39-50-51(47,48)49-38-37-44(3,4)5)41(45)35-33-31-29-27-25-17-15-13-11-9-7-2/h29,31,33,35,40-41,45H,6-28,30,32,34,36-39H2,1-5H3,(H-,43,46,47,48)/b31-29+,35-33+/t40-,41+/m0/s1. The summed E-state index contributed by atoms with van der Waals surface area (Å²) in [5.74, 6) is -0.214. The van der Waals surface area contributed by atoms with E-state index >= 15 is 0 Å². The molecule has 0 aromatic rings. The molecule has 9 heteroatoms. The second-order valence-electron chi connectivity index (χ2n) is 15.7. The average molecular weight is 743 g/mol. The molecular formula is C42H83N2O6P. The smallest absolute Gasteiger partial charge is 0.268 e. The molecule has 3 atom stereocenters. The number of aliphatic hydroxyl groups is 1. The topological polar surface area (TPSA) is 108 Å². The molecule has 0 aromatic carbocycles. The van der Waals surface area contributed by atoms with Crippen LogP contribution in [-0.2, 0) is 18.4 Å². The first-order valence-electron chi connectivity index (χ1n) is 21.2. The second-order valence-corrected chi connectivity index (χ2v) is 17.1. The number of nitrogens with zero attached hydrogens (tertiary/aromatic N) is 1. The van der Waals surface area contributed by atoms with Crippen LogP contribution in [0.4, 0.5) is 0 Å². The quantitative estimate of drug-likeness (QED) is 0.0282. The fourth-order valence-electron chi connectivity index (χ4n) is 6.03. The number of phosphoric acid groups is 1. The second kappa shape index (κ2) is 34.7. The van der Waals surface area contributed by atoms with E-state index in [1.807, 2.05) is 27.2 Å². The van der Waals surface area contributed by atoms with Crippen molar-refractivity contribution in [1.82, 2.24) is 5.32 Å². The molecule has 0 saturated carbocycles. The Bertz CT molecular complexity index is 891. The molecule has 0 fully saturated rings. The van der Waals surface area contributed by atoms with E-state index in [1.165, 1.54) is 135 Å². The summed E-state index contributed by atoms with van der Waals surface area (Å²) in [5.41, 5.74) is 0. The van der Waals surface area contributed by atoms with Crippen molar-refractivity contribution in [3.63, 3.8) is 0 Å². The summed E-state index contributed by atoms with van der Waals surface area (Å²) in [6.07, 6.45) is 39.5. The van der Waals surface area contributed by atoms with Crippen molar-refractivity contribution in [2.45, 2.75) is 199 Å². The average Bonchev–Trinajstić information content (AvgIpc) is 3.07. The number of carbonyl (C=O) groups excluding carboxylic acids is 1. The van der Waals surface area contributed by atoms with Crippen molar-refractivity contribution in [3.05, 3.63) is 24.3 Å². The first-order chi connectivity index (χ1) is 24.5. The van der Waals surface area contributed by atoms with Crippen LogP contribution in [-0.4, -0.2) is 68.5 Å². The summed E-state index contributed by atoms with van der Waals surface area (Å²) >= 11 is 0. The maximum Gasteiger partial charge on any atom is 0.268 e. The van der Waals surface area contributed by atoms with Crippen LogP contribution >= 0.6 is 7.82 Å². The van der Waals surface area contributed by atoms with Gasteiger partial charge in [-0.05, 0) is 19.3 Å². The van der Waals surface area contributed by atoms with E-state index < -0.39 is 26.6 Å². The molecule has 0 aliphatic rings. The maximum absolute atomic E-state index is 12.8. The van der Waals surface area contributed by atoms with Crippen LogP contribution in [0.25, 0.3) is 0 Å². The fraction of sp³-hybridized carbons (Fsp3) is 0.881. The molecule has 0 aromatic heterocycles. The molecule has 2 N–H and O–H groups in total. The molecule has 0 radical (unpaired) electrons. The summed E-state index contributed by atoms with van der Waals surface area (Å²) in [5, 5.41) is 13.7. The van der Waals surface area contributed by atoms with Crippen molar-refractivity contribution >= 4 is 13.7 Å². The highest BCUT2D eigenvalue weighted by atomic mass is 31.2. The molecule has 1 unspecified atom stereocenters. The Morgan fingerprint density at radius 3 is 1.57 bits per heavy atom. The lowest BCUT2D eigenvalue weighted by atomic mass is 10.0. The minimum absolute atomic E-state index is 0.00729. The number of allylic oxidation sites excluding steroid dienone is 3. The molecule has 302 valence electrons. The molecule has 51 heavy (non-hydrogen) atoms. The van der Waals surface area contributed by atoms with Crippen LogP contribution in [0.5, 0.6) is 0 Å². The highest BCUT2D eigenvalue weighted by molar-refractivity contribution is 7.45. The number of carbonyl (C=O) groups is 1. The Balaban J connectivity index is 4.41. The van der Waals surface area contributed by atoms with Crippen molar-refractivity contribution in [3.8, 4) is 0 Å². The first-order valence-corrected chi connectivity index (χ1v) is 22.7. The predicted molar refractivity (Wildman–Crippen MR) is 215 cm³/mol. The third-order valence-electron chi connectivity index (χ3n) is 9.47. The van der Waals surface area contributed by atoms with E-state index in [4.69, 9.17) is 9.05 Å². The van der Waals surface area contributed by atoms with Gasteiger partial charge in [0, 0.05) is 6.42 Å². The number of hydrogen-bond donors (Lipinski definition) is 2. The van der Waals surface area contributed by atoms with E-state index in [9.17, 15) is 19.4 Å². The predicted octanol–water partition coefficient (Wildman–Crippen LogP) is 10.7. The Labute approximate surface area is 315 Å². The normalized spacial score (nSPS) is 14.7. The van der Waals surface area contributed by atoms with Crippen LogP contribution < -0.4 is 10.2 Å². The third-order valence-corrected chi connectivity index (χ3v) is 10.4. The molecule has 0 aliphatic carbocycles. The van der Waals surface area contributed by atoms with E-state index in [1.54, 1.807) is 12.2 Å². The number of aliphatic hydroxyl groups excluding tert-OH is 1. The monoisotopic (exact) mass is 743 g/mol. The van der Waals surface area contributed by atoms with Gasteiger partial charge in [-0.15, -0.1) is 0 Å². The largest absolute Gasteiger partial charge is 0.756 e. The van der Waals surface area contributed by atoms with Gasteiger partial charge in [0.2, 0.25) is 5.91 Å². The van der Waals surface area contributed by atoms with E-state index in [2.05, 4.69) is 25.2 Å². The lowest BCUT2D eigenvalue weighted by Crippen LogP contribution is -2.45. The van der Waals surface area contributed by atoms with Gasteiger partial charge in [-0.3, -0.25) is 9.36 Å². The van der Waals surface area contributed by atoms with Gasteiger partial charge in [0.05, 0.1) is 39.9 Å². The van der Waals surface area contributed by atoms with Gasteiger partial charge >= 0.3 is 0 Å². The minimum atomic E-state index is -4.59. The SMILES string of the molecule is CCCCCCCCC/C=C/C=C/[C@@H](O)[C@H](COP(=O)([O-])OCC[N+](C)(C)C)NC(=O)CCCCCCCCCCCCCCCCCCCC. The van der Waals surface area contributed by atoms with Gasteiger partial charge in [-0.25, -0.2) is 0 Å². The Kier molecular flexibility index (Phi) is 34.0. The first kappa shape index (κ1) is 50.0. The zero-order chi connectivity index (χ0) is 37.9. The number of unbranched alkanes of at least 4 members (excludes halogenated alkanes) is 24. The zero-order valence-electron chi connectivity index (χ0n) is 34.1. The number of hydrogen-bond acceptors (Lipinski definition) is 6. The van der Waals surface area contributed by atoms with Crippen LogP contribution in [0, 0.1) is 0 Å². The van der Waals surface area contributed by atoms with Gasteiger partial charge in [0.15, 0.2) is 0 Å². The molecule has 0 spiro atoms. The van der Waals surface area contributed by atoms with E-state index in [0.29, 0.717) is 17.4 Å². The van der Waals surface area contributed by atoms with Gasteiger partial charge in [0.25, 0.3) is 7.82 Å². The number of likely N-dealkylation sites (N-methyl/N-ethyl adjacent to an activating group) is 1. The molecule has 0 heterocycles. The van der Waals surface area contributed by atoms with Crippen molar-refractivity contribution in [2.24, 2.45) is 0 Å². The summed E-state index contributed by atoms with van der Waals surface area (Å²) in [4.78, 5) is 25.2. The van der Waals surface area contributed by atoms with Crippen LogP contribution in [0.15, 0.2) is 24.3 Å². The molecule has 0 aliphatic heterocycles. The molecule has 0 saturated heterocycles. The summed E-state index contributed by atoms with van der Waals surface area (Å²) < 4.78 is 23.1. The summed E-state index contributed by atoms with van der Waals surface area (Å²) in [6, 6.07) is -0.912. The molecule has 1 amide bonds. The fourth-order valence-corrected chi connectivity index (χ4v) is 6.76. The lowest BCUT2D eigenvalue weighted by Gasteiger charge is -2.29. The van der Waals surface area contributed by atoms with Crippen molar-refractivity contribution < 1.29 is 32.9 Å². The lowest BCUT2D eigenvalue weighted by molar-refractivity contribution is -0.870. The van der Waals surface area contributed by atoms with Gasteiger partial charge in [0.1, 0.15) is 13.2 Å². The number of rotatable bonds is 38. The highest BCUT2D eigenvalue weighted by Gasteiger charge is 2.23. The summed E-state index contributed by atoms with van der Waals surface area (Å²) in [6.45, 7) is 4.59. The number of phosphoric ester groups is 1. The van der Waals surface area contributed by atoms with Gasteiger partial charge < -0.3 is 28.8 Å². The Morgan fingerprint density at radius 2 is 1.12 bits per heavy atom. The molecule has 0 bridgehead atoms. The van der Waals surface area contributed by atoms with Crippen molar-refractivity contribution in [1.29, 1.82) is 0 Å². The van der Waals surface area contributed by atoms with Crippen LogP contribution in [0.1, 0.15) is 187 Å². The number of nitrogens with one attached hydrogen (secondary N) is 1. The van der Waals surface area contributed by atoms with E-state index in [-0.39, 0.29) is 12.5 Å². The third kappa shape index (κ3) is 37.1.